The molecule has 3 aromatic rings. The summed E-state index contributed by atoms with van der Waals surface area (Å²) in [5.74, 6) is 1.02. The highest BCUT2D eigenvalue weighted by Gasteiger charge is 2.18. The first-order valence-electron chi connectivity index (χ1n) is 11.1. The van der Waals surface area contributed by atoms with Crippen molar-refractivity contribution < 1.29 is 13.9 Å². The van der Waals surface area contributed by atoms with Gasteiger partial charge in [-0.15, -0.1) is 10.2 Å². The van der Waals surface area contributed by atoms with Gasteiger partial charge in [-0.05, 0) is 43.1 Å². The second kappa shape index (κ2) is 10.1. The van der Waals surface area contributed by atoms with Gasteiger partial charge in [0.1, 0.15) is 5.69 Å². The SMILES string of the molecule is Cc1nnc(-c2cc(C(C)C)n(-c3cccc(C(=O)NCCCN4CCOCC4)c3)n2)o1. The molecular formula is C23H30N6O3. The number of hydrogen-bond donors (Lipinski definition) is 1. The maximum Gasteiger partial charge on any atom is 0.268 e. The fourth-order valence-corrected chi connectivity index (χ4v) is 3.73. The molecule has 1 N–H and O–H groups in total. The largest absolute Gasteiger partial charge is 0.420 e. The topological polar surface area (TPSA) is 98.3 Å². The molecular weight excluding hydrogens is 408 g/mol. The van der Waals surface area contributed by atoms with Crippen molar-refractivity contribution in [2.24, 2.45) is 0 Å². The summed E-state index contributed by atoms with van der Waals surface area (Å²) in [6, 6.07) is 9.45. The van der Waals surface area contributed by atoms with E-state index in [9.17, 15) is 4.79 Å². The van der Waals surface area contributed by atoms with Crippen molar-refractivity contribution >= 4 is 5.91 Å². The third kappa shape index (κ3) is 5.23. The number of nitrogens with one attached hydrogen (secondary N) is 1. The van der Waals surface area contributed by atoms with E-state index in [1.165, 1.54) is 0 Å². The van der Waals surface area contributed by atoms with E-state index in [0.29, 0.717) is 29.6 Å². The molecule has 4 rings (SSSR count). The molecule has 0 saturated carbocycles. The minimum atomic E-state index is -0.0835. The molecule has 3 heterocycles. The molecule has 1 aliphatic rings. The van der Waals surface area contributed by atoms with Gasteiger partial charge in [0.15, 0.2) is 0 Å². The average molecular weight is 439 g/mol. The first kappa shape index (κ1) is 22.2. The number of nitrogens with zero attached hydrogens (tertiary/aromatic N) is 5. The number of ether oxygens (including phenoxy) is 1. The van der Waals surface area contributed by atoms with E-state index in [-0.39, 0.29) is 11.8 Å². The van der Waals surface area contributed by atoms with Gasteiger partial charge in [0.25, 0.3) is 11.8 Å². The number of aryl methyl sites for hydroxylation is 1. The van der Waals surface area contributed by atoms with E-state index < -0.39 is 0 Å². The normalized spacial score (nSPS) is 14.8. The molecule has 9 heteroatoms. The minimum absolute atomic E-state index is 0.0835. The van der Waals surface area contributed by atoms with Gasteiger partial charge in [-0.3, -0.25) is 9.69 Å². The number of morpholine rings is 1. The molecule has 1 amide bonds. The number of hydrogen-bond acceptors (Lipinski definition) is 7. The van der Waals surface area contributed by atoms with Gasteiger partial charge in [0.2, 0.25) is 5.89 Å². The molecule has 0 aliphatic carbocycles. The molecule has 1 saturated heterocycles. The van der Waals surface area contributed by atoms with E-state index in [1.54, 1.807) is 6.92 Å². The Labute approximate surface area is 187 Å². The van der Waals surface area contributed by atoms with Crippen molar-refractivity contribution in [1.82, 2.24) is 30.2 Å². The summed E-state index contributed by atoms with van der Waals surface area (Å²) in [5, 5.41) is 15.7. The molecule has 1 aliphatic heterocycles. The summed E-state index contributed by atoms with van der Waals surface area (Å²) < 4.78 is 12.8. The molecule has 32 heavy (non-hydrogen) atoms. The van der Waals surface area contributed by atoms with Gasteiger partial charge >= 0.3 is 0 Å². The molecule has 0 unspecified atom stereocenters. The monoisotopic (exact) mass is 438 g/mol. The Kier molecular flexibility index (Phi) is 6.96. The first-order valence-corrected chi connectivity index (χ1v) is 11.1. The number of carbonyl (C=O) groups excluding carboxylic acids is 1. The molecule has 0 bridgehead atoms. The van der Waals surface area contributed by atoms with E-state index in [4.69, 9.17) is 9.15 Å². The summed E-state index contributed by atoms with van der Waals surface area (Å²) in [4.78, 5) is 15.1. The number of amides is 1. The lowest BCUT2D eigenvalue weighted by Gasteiger charge is -2.26. The van der Waals surface area contributed by atoms with Crippen LogP contribution in [-0.4, -0.2) is 70.2 Å². The van der Waals surface area contributed by atoms with Crippen molar-refractivity contribution in [1.29, 1.82) is 0 Å². The van der Waals surface area contributed by atoms with E-state index in [2.05, 4.69) is 39.4 Å². The highest BCUT2D eigenvalue weighted by molar-refractivity contribution is 5.94. The quantitative estimate of drug-likeness (QED) is 0.540. The van der Waals surface area contributed by atoms with E-state index in [1.807, 2.05) is 35.0 Å². The Bertz CT molecular complexity index is 1050. The summed E-state index contributed by atoms with van der Waals surface area (Å²) in [5.41, 5.74) is 3.04. The maximum absolute atomic E-state index is 12.7. The Morgan fingerprint density at radius 3 is 2.72 bits per heavy atom. The van der Waals surface area contributed by atoms with Crippen molar-refractivity contribution in [2.45, 2.75) is 33.1 Å². The lowest BCUT2D eigenvalue weighted by atomic mass is 10.1. The predicted molar refractivity (Wildman–Crippen MR) is 120 cm³/mol. The Morgan fingerprint density at radius 1 is 1.19 bits per heavy atom. The second-order valence-electron chi connectivity index (χ2n) is 8.26. The lowest BCUT2D eigenvalue weighted by molar-refractivity contribution is 0.0374. The summed E-state index contributed by atoms with van der Waals surface area (Å²) >= 11 is 0. The zero-order valence-corrected chi connectivity index (χ0v) is 18.9. The van der Waals surface area contributed by atoms with Crippen LogP contribution < -0.4 is 5.32 Å². The first-order chi connectivity index (χ1) is 15.5. The minimum Gasteiger partial charge on any atom is -0.420 e. The van der Waals surface area contributed by atoms with Crippen LogP contribution in [0.15, 0.2) is 34.7 Å². The van der Waals surface area contributed by atoms with Crippen LogP contribution in [0.3, 0.4) is 0 Å². The fourth-order valence-electron chi connectivity index (χ4n) is 3.73. The predicted octanol–water partition coefficient (Wildman–Crippen LogP) is 2.81. The average Bonchev–Trinajstić information content (AvgIpc) is 3.44. The number of benzene rings is 1. The van der Waals surface area contributed by atoms with Gasteiger partial charge < -0.3 is 14.5 Å². The lowest BCUT2D eigenvalue weighted by Crippen LogP contribution is -2.38. The fraction of sp³-hybridized carbons (Fsp3) is 0.478. The molecule has 9 nitrogen and oxygen atoms in total. The van der Waals surface area contributed by atoms with Gasteiger partial charge in [0.05, 0.1) is 18.9 Å². The van der Waals surface area contributed by atoms with Crippen LogP contribution in [0.25, 0.3) is 17.3 Å². The highest BCUT2D eigenvalue weighted by Crippen LogP contribution is 2.26. The zero-order chi connectivity index (χ0) is 22.5. The summed E-state index contributed by atoms with van der Waals surface area (Å²) in [7, 11) is 0. The van der Waals surface area contributed by atoms with E-state index in [0.717, 1.165) is 50.7 Å². The Morgan fingerprint density at radius 2 is 2.00 bits per heavy atom. The van der Waals surface area contributed by atoms with Crippen LogP contribution in [0.5, 0.6) is 0 Å². The molecule has 170 valence electrons. The highest BCUT2D eigenvalue weighted by atomic mass is 16.5. The van der Waals surface area contributed by atoms with Crippen LogP contribution in [-0.2, 0) is 4.74 Å². The molecule has 0 spiro atoms. The maximum atomic E-state index is 12.7. The van der Waals surface area contributed by atoms with E-state index >= 15 is 0 Å². The Balaban J connectivity index is 1.45. The van der Waals surface area contributed by atoms with Gasteiger partial charge in [-0.1, -0.05) is 19.9 Å². The van der Waals surface area contributed by atoms with Crippen LogP contribution in [0.4, 0.5) is 0 Å². The zero-order valence-electron chi connectivity index (χ0n) is 18.9. The molecule has 1 fully saturated rings. The molecule has 0 radical (unpaired) electrons. The third-order valence-corrected chi connectivity index (χ3v) is 5.47. The third-order valence-electron chi connectivity index (χ3n) is 5.47. The van der Waals surface area contributed by atoms with Crippen LogP contribution in [0.1, 0.15) is 48.1 Å². The van der Waals surface area contributed by atoms with Gasteiger partial charge in [-0.25, -0.2) is 4.68 Å². The van der Waals surface area contributed by atoms with Crippen molar-refractivity contribution in [3.8, 4) is 17.3 Å². The molecule has 1 aromatic carbocycles. The van der Waals surface area contributed by atoms with Gasteiger partial charge in [-0.2, -0.15) is 5.10 Å². The standard InChI is InChI=1S/C23H30N6O3/c1-16(2)21-15-20(23-26-25-17(3)32-23)27-29(21)19-7-4-6-18(14-19)22(30)24-8-5-9-28-10-12-31-13-11-28/h4,6-7,14-16H,5,8-13H2,1-3H3,(H,24,30). The molecule has 0 atom stereocenters. The van der Waals surface area contributed by atoms with Crippen molar-refractivity contribution in [3.63, 3.8) is 0 Å². The van der Waals surface area contributed by atoms with Crippen LogP contribution in [0, 0.1) is 6.92 Å². The van der Waals surface area contributed by atoms with Crippen molar-refractivity contribution in [2.75, 3.05) is 39.4 Å². The number of carbonyl (C=O) groups is 1. The summed E-state index contributed by atoms with van der Waals surface area (Å²) in [6.45, 7) is 11.1. The van der Waals surface area contributed by atoms with Crippen molar-refractivity contribution in [3.05, 3.63) is 47.5 Å². The van der Waals surface area contributed by atoms with Crippen LogP contribution >= 0.6 is 0 Å². The molecule has 2 aromatic heterocycles. The summed E-state index contributed by atoms with van der Waals surface area (Å²) in [6.07, 6.45) is 0.912. The Hall–Kier alpha value is -3.04. The smallest absolute Gasteiger partial charge is 0.268 e. The number of rotatable bonds is 8. The number of aromatic nitrogens is 4. The van der Waals surface area contributed by atoms with Gasteiger partial charge in [0, 0.05) is 37.8 Å². The second-order valence-corrected chi connectivity index (χ2v) is 8.26. The van der Waals surface area contributed by atoms with Crippen LogP contribution in [0.2, 0.25) is 0 Å².